The van der Waals surface area contributed by atoms with Gasteiger partial charge < -0.3 is 26.0 Å². The third-order valence-electron chi connectivity index (χ3n) is 3.16. The van der Waals surface area contributed by atoms with Crippen LogP contribution in [-0.2, 0) is 4.79 Å². The molecule has 0 saturated carbocycles. The van der Waals surface area contributed by atoms with Crippen LogP contribution in [0.2, 0.25) is 0 Å². The fraction of sp³-hybridized carbons (Fsp3) is 0.200. The Bertz CT molecular complexity index is 831. The number of benzene rings is 1. The van der Waals surface area contributed by atoms with Gasteiger partial charge in [-0.3, -0.25) is 0 Å². The van der Waals surface area contributed by atoms with Crippen molar-refractivity contribution in [2.24, 2.45) is 0 Å². The lowest BCUT2D eigenvalue weighted by Gasteiger charge is -2.18. The summed E-state index contributed by atoms with van der Waals surface area (Å²) >= 11 is 0. The third-order valence-corrected chi connectivity index (χ3v) is 3.16. The van der Waals surface area contributed by atoms with E-state index in [0.29, 0.717) is 5.56 Å². The Morgan fingerprint density at radius 1 is 1.38 bits per heavy atom. The van der Waals surface area contributed by atoms with E-state index in [1.165, 1.54) is 14.0 Å². The van der Waals surface area contributed by atoms with E-state index in [4.69, 9.17) is 26.0 Å². The van der Waals surface area contributed by atoms with Gasteiger partial charge in [-0.05, 0) is 19.1 Å². The molecule has 0 amide bonds. The molecule has 2 rings (SSSR count). The predicted molar refractivity (Wildman–Crippen MR) is 85.3 cm³/mol. The van der Waals surface area contributed by atoms with E-state index in [2.05, 4.69) is 9.97 Å². The van der Waals surface area contributed by atoms with Crippen LogP contribution in [0.3, 0.4) is 0 Å². The quantitative estimate of drug-likeness (QED) is 0.728. The summed E-state index contributed by atoms with van der Waals surface area (Å²) in [4.78, 5) is 18.9. The molecule has 0 fully saturated rings. The standard InChI is InChI=1S/C15H15N5O4/c1-7(14(21)22)24-12-8(4-3-5-10(12)23-2)11-9(6-16)13(17)20-15(18)19-11/h3-5,7H,1-2H3,(H,21,22)(H4,17,18,19,20). The third kappa shape index (κ3) is 3.12. The topological polar surface area (TPSA) is 157 Å². The molecule has 0 saturated heterocycles. The maximum Gasteiger partial charge on any atom is 0.344 e. The molecule has 0 aliphatic rings. The number of aromatic nitrogens is 2. The van der Waals surface area contributed by atoms with E-state index >= 15 is 0 Å². The number of anilines is 2. The van der Waals surface area contributed by atoms with Gasteiger partial charge in [-0.1, -0.05) is 6.07 Å². The average molecular weight is 329 g/mol. The van der Waals surface area contributed by atoms with Crippen LogP contribution >= 0.6 is 0 Å². The van der Waals surface area contributed by atoms with E-state index in [-0.39, 0.29) is 34.5 Å². The van der Waals surface area contributed by atoms with Crippen LogP contribution < -0.4 is 20.9 Å². The zero-order chi connectivity index (χ0) is 17.9. The second-order valence-electron chi connectivity index (χ2n) is 4.74. The van der Waals surface area contributed by atoms with Crippen molar-refractivity contribution in [3.05, 3.63) is 23.8 Å². The average Bonchev–Trinajstić information content (AvgIpc) is 2.54. The highest BCUT2D eigenvalue weighted by atomic mass is 16.5. The van der Waals surface area contributed by atoms with Crippen LogP contribution in [0.15, 0.2) is 18.2 Å². The van der Waals surface area contributed by atoms with E-state index in [1.807, 2.05) is 6.07 Å². The number of nitriles is 1. The molecule has 0 spiro atoms. The minimum Gasteiger partial charge on any atom is -0.493 e. The summed E-state index contributed by atoms with van der Waals surface area (Å²) in [6.07, 6.45) is -1.15. The van der Waals surface area contributed by atoms with Crippen LogP contribution in [0, 0.1) is 11.3 Å². The molecular weight excluding hydrogens is 314 g/mol. The number of methoxy groups -OCH3 is 1. The molecule has 0 aliphatic carbocycles. The fourth-order valence-electron chi connectivity index (χ4n) is 2.01. The van der Waals surface area contributed by atoms with E-state index in [0.717, 1.165) is 0 Å². The van der Waals surface area contributed by atoms with Gasteiger partial charge in [-0.2, -0.15) is 10.2 Å². The van der Waals surface area contributed by atoms with Gasteiger partial charge in [0.05, 0.1) is 12.8 Å². The smallest absolute Gasteiger partial charge is 0.344 e. The Labute approximate surface area is 137 Å². The number of carbonyl (C=O) groups is 1. The summed E-state index contributed by atoms with van der Waals surface area (Å²) in [5.41, 5.74) is 11.8. The highest BCUT2D eigenvalue weighted by molar-refractivity contribution is 5.80. The maximum atomic E-state index is 11.1. The second kappa shape index (κ2) is 6.70. The Hall–Kier alpha value is -3.54. The zero-order valence-electron chi connectivity index (χ0n) is 13.0. The predicted octanol–water partition coefficient (Wildman–Crippen LogP) is 1.04. The lowest BCUT2D eigenvalue weighted by molar-refractivity contribution is -0.144. The molecule has 124 valence electrons. The summed E-state index contributed by atoms with van der Waals surface area (Å²) in [5.74, 6) is -0.972. The number of ether oxygens (including phenoxy) is 2. The van der Waals surface area contributed by atoms with Crippen molar-refractivity contribution in [1.82, 2.24) is 9.97 Å². The van der Waals surface area contributed by atoms with Crippen molar-refractivity contribution in [3.63, 3.8) is 0 Å². The van der Waals surface area contributed by atoms with E-state index in [9.17, 15) is 10.1 Å². The summed E-state index contributed by atoms with van der Waals surface area (Å²) in [5, 5.41) is 18.4. The van der Waals surface area contributed by atoms with Gasteiger partial charge >= 0.3 is 5.97 Å². The fourth-order valence-corrected chi connectivity index (χ4v) is 2.01. The van der Waals surface area contributed by atoms with Gasteiger partial charge in [0.2, 0.25) is 5.95 Å². The molecule has 0 bridgehead atoms. The lowest BCUT2D eigenvalue weighted by atomic mass is 10.1. The number of nitrogens with zero attached hydrogens (tertiary/aromatic N) is 3. The number of carboxylic acids is 1. The minimum atomic E-state index is -1.16. The number of rotatable bonds is 5. The summed E-state index contributed by atoms with van der Waals surface area (Å²) in [6.45, 7) is 1.37. The first-order chi connectivity index (χ1) is 11.4. The van der Waals surface area contributed by atoms with E-state index in [1.54, 1.807) is 18.2 Å². The van der Waals surface area contributed by atoms with Gasteiger partial charge in [0.1, 0.15) is 17.5 Å². The van der Waals surface area contributed by atoms with Crippen LogP contribution in [0.1, 0.15) is 12.5 Å². The molecular formula is C15H15N5O4. The molecule has 24 heavy (non-hydrogen) atoms. The number of para-hydroxylation sites is 1. The van der Waals surface area contributed by atoms with Crippen molar-refractivity contribution in [2.75, 3.05) is 18.6 Å². The highest BCUT2D eigenvalue weighted by Crippen LogP contribution is 2.40. The highest BCUT2D eigenvalue weighted by Gasteiger charge is 2.23. The minimum absolute atomic E-state index is 0.00489. The van der Waals surface area contributed by atoms with Crippen molar-refractivity contribution >= 4 is 17.7 Å². The molecule has 0 radical (unpaired) electrons. The van der Waals surface area contributed by atoms with E-state index < -0.39 is 12.1 Å². The SMILES string of the molecule is COc1cccc(-c2nc(N)nc(N)c2C#N)c1OC(C)C(=O)O. The van der Waals surface area contributed by atoms with Crippen molar-refractivity contribution < 1.29 is 19.4 Å². The number of nitrogen functional groups attached to an aromatic ring is 2. The van der Waals surface area contributed by atoms with Gasteiger partial charge in [-0.15, -0.1) is 0 Å². The van der Waals surface area contributed by atoms with Crippen molar-refractivity contribution in [3.8, 4) is 28.8 Å². The molecule has 1 aromatic carbocycles. The lowest BCUT2D eigenvalue weighted by Crippen LogP contribution is -2.23. The van der Waals surface area contributed by atoms with Crippen molar-refractivity contribution in [1.29, 1.82) is 5.26 Å². The number of hydrogen-bond acceptors (Lipinski definition) is 8. The van der Waals surface area contributed by atoms with Gasteiger partial charge in [0.25, 0.3) is 0 Å². The van der Waals surface area contributed by atoms with Crippen LogP contribution in [0.25, 0.3) is 11.3 Å². The second-order valence-corrected chi connectivity index (χ2v) is 4.74. The Morgan fingerprint density at radius 2 is 2.08 bits per heavy atom. The first kappa shape index (κ1) is 16.8. The van der Waals surface area contributed by atoms with Crippen molar-refractivity contribution in [2.45, 2.75) is 13.0 Å². The first-order valence-corrected chi connectivity index (χ1v) is 6.79. The Kier molecular flexibility index (Phi) is 4.70. The molecule has 9 nitrogen and oxygen atoms in total. The van der Waals surface area contributed by atoms with Gasteiger partial charge in [-0.25, -0.2) is 9.78 Å². The summed E-state index contributed by atoms with van der Waals surface area (Å²) in [7, 11) is 1.41. The van der Waals surface area contributed by atoms with Gasteiger partial charge in [0.15, 0.2) is 17.6 Å². The number of aliphatic carboxylic acids is 1. The molecule has 5 N–H and O–H groups in total. The molecule has 0 aliphatic heterocycles. The van der Waals surface area contributed by atoms with Gasteiger partial charge in [0, 0.05) is 5.56 Å². The molecule has 1 aromatic heterocycles. The van der Waals surface area contributed by atoms with Crippen LogP contribution in [0.5, 0.6) is 11.5 Å². The van der Waals surface area contributed by atoms with Crippen LogP contribution in [0.4, 0.5) is 11.8 Å². The molecule has 2 aromatic rings. The van der Waals surface area contributed by atoms with Crippen LogP contribution in [-0.4, -0.2) is 34.3 Å². The zero-order valence-corrected chi connectivity index (χ0v) is 13.0. The largest absolute Gasteiger partial charge is 0.493 e. The summed E-state index contributed by atoms with van der Waals surface area (Å²) < 4.78 is 10.7. The summed E-state index contributed by atoms with van der Waals surface area (Å²) in [6, 6.07) is 6.74. The molecule has 1 heterocycles. The first-order valence-electron chi connectivity index (χ1n) is 6.79. The molecule has 9 heteroatoms. The maximum absolute atomic E-state index is 11.1. The molecule has 1 unspecified atom stereocenters. The monoisotopic (exact) mass is 329 g/mol. The number of carboxylic acid groups (broad SMARTS) is 1. The number of nitrogens with two attached hydrogens (primary N) is 2. The number of hydrogen-bond donors (Lipinski definition) is 3. The molecule has 1 atom stereocenters. The Balaban J connectivity index is 2.72. The normalized spacial score (nSPS) is 11.4. The Morgan fingerprint density at radius 3 is 2.67 bits per heavy atom.